The highest BCUT2D eigenvalue weighted by atomic mass is 19.1. The molecule has 2 aromatic carbocycles. The van der Waals surface area contributed by atoms with Crippen molar-refractivity contribution in [2.24, 2.45) is 0 Å². The van der Waals surface area contributed by atoms with Crippen LogP contribution in [0.15, 0.2) is 60.9 Å². The van der Waals surface area contributed by atoms with Crippen molar-refractivity contribution in [3.63, 3.8) is 0 Å². The summed E-state index contributed by atoms with van der Waals surface area (Å²) in [6.45, 7) is 0. The van der Waals surface area contributed by atoms with Crippen LogP contribution in [0.5, 0.6) is 11.8 Å². The van der Waals surface area contributed by atoms with Gasteiger partial charge in [0, 0.05) is 5.56 Å². The molecule has 128 valence electrons. The van der Waals surface area contributed by atoms with Gasteiger partial charge in [0.15, 0.2) is 5.82 Å². The van der Waals surface area contributed by atoms with Crippen molar-refractivity contribution in [3.05, 3.63) is 72.3 Å². The van der Waals surface area contributed by atoms with Crippen LogP contribution in [0.3, 0.4) is 0 Å². The normalized spacial score (nSPS) is 10.7. The van der Waals surface area contributed by atoms with Gasteiger partial charge in [-0.05, 0) is 36.4 Å². The number of hydrogen-bond donors (Lipinski definition) is 2. The minimum atomic E-state index is -0.546. The van der Waals surface area contributed by atoms with Crippen molar-refractivity contribution in [2.75, 3.05) is 5.32 Å². The van der Waals surface area contributed by atoms with E-state index in [9.17, 15) is 9.18 Å². The van der Waals surface area contributed by atoms with Crippen LogP contribution >= 0.6 is 0 Å². The van der Waals surface area contributed by atoms with E-state index >= 15 is 0 Å². The van der Waals surface area contributed by atoms with Gasteiger partial charge in [-0.3, -0.25) is 10.1 Å². The number of aromatic nitrogens is 4. The SMILES string of the molecule is O=C(Nc1nc2ccccc2[nH]1)c1ccc(Oc2ncc(F)cn2)cc1. The molecule has 0 aliphatic carbocycles. The maximum atomic E-state index is 12.8. The van der Waals surface area contributed by atoms with Crippen molar-refractivity contribution >= 4 is 22.9 Å². The van der Waals surface area contributed by atoms with Crippen molar-refractivity contribution in [2.45, 2.75) is 0 Å². The van der Waals surface area contributed by atoms with Gasteiger partial charge in [-0.25, -0.2) is 19.3 Å². The number of rotatable bonds is 4. The largest absolute Gasteiger partial charge is 0.424 e. The summed E-state index contributed by atoms with van der Waals surface area (Å²) >= 11 is 0. The first kappa shape index (κ1) is 15.7. The number of para-hydroxylation sites is 2. The Labute approximate surface area is 146 Å². The van der Waals surface area contributed by atoms with Crippen LogP contribution in [0.2, 0.25) is 0 Å². The predicted octanol–water partition coefficient (Wildman–Crippen LogP) is 3.54. The summed E-state index contributed by atoms with van der Waals surface area (Å²) in [5, 5.41) is 2.71. The standard InChI is InChI=1S/C18H12FN5O2/c19-12-9-20-18(21-10-12)26-13-7-5-11(6-8-13)16(25)24-17-22-14-3-1-2-4-15(14)23-17/h1-10H,(H2,22,23,24,25). The molecule has 0 unspecified atom stereocenters. The highest BCUT2D eigenvalue weighted by molar-refractivity contribution is 6.04. The van der Waals surface area contributed by atoms with E-state index < -0.39 is 5.82 Å². The van der Waals surface area contributed by atoms with Gasteiger partial charge in [-0.15, -0.1) is 0 Å². The molecule has 0 saturated carbocycles. The van der Waals surface area contributed by atoms with Gasteiger partial charge in [0.05, 0.1) is 23.4 Å². The number of carbonyl (C=O) groups is 1. The molecule has 0 aliphatic heterocycles. The highest BCUT2D eigenvalue weighted by Gasteiger charge is 2.10. The van der Waals surface area contributed by atoms with Gasteiger partial charge in [-0.2, -0.15) is 0 Å². The molecule has 0 spiro atoms. The number of H-pyrrole nitrogens is 1. The third-order valence-electron chi connectivity index (χ3n) is 3.54. The predicted molar refractivity (Wildman–Crippen MR) is 92.6 cm³/mol. The van der Waals surface area contributed by atoms with E-state index in [-0.39, 0.29) is 11.9 Å². The van der Waals surface area contributed by atoms with Crippen LogP contribution in [-0.4, -0.2) is 25.8 Å². The number of imidazole rings is 1. The third kappa shape index (κ3) is 3.34. The number of hydrogen-bond acceptors (Lipinski definition) is 5. The zero-order valence-corrected chi connectivity index (χ0v) is 13.3. The number of anilines is 1. The van der Waals surface area contributed by atoms with Gasteiger partial charge in [0.2, 0.25) is 5.95 Å². The number of carbonyl (C=O) groups excluding carboxylic acids is 1. The zero-order chi connectivity index (χ0) is 17.9. The maximum Gasteiger partial charge on any atom is 0.322 e. The third-order valence-corrected chi connectivity index (χ3v) is 3.54. The Bertz CT molecular complexity index is 1030. The van der Waals surface area contributed by atoms with Gasteiger partial charge in [-0.1, -0.05) is 12.1 Å². The van der Waals surface area contributed by atoms with E-state index in [1.807, 2.05) is 24.3 Å². The van der Waals surface area contributed by atoms with Gasteiger partial charge >= 0.3 is 6.01 Å². The van der Waals surface area contributed by atoms with E-state index in [1.165, 1.54) is 0 Å². The Hall–Kier alpha value is -3.81. The number of aromatic amines is 1. The summed E-state index contributed by atoms with van der Waals surface area (Å²) in [7, 11) is 0. The van der Waals surface area contributed by atoms with E-state index in [0.717, 1.165) is 23.4 Å². The summed E-state index contributed by atoms with van der Waals surface area (Å²) in [5.74, 6) is -0.0586. The number of fused-ring (bicyclic) bond motifs is 1. The molecule has 26 heavy (non-hydrogen) atoms. The second-order valence-corrected chi connectivity index (χ2v) is 5.37. The van der Waals surface area contributed by atoms with Crippen LogP contribution in [-0.2, 0) is 0 Å². The van der Waals surface area contributed by atoms with E-state index in [1.54, 1.807) is 24.3 Å². The van der Waals surface area contributed by atoms with Crippen LogP contribution in [0.4, 0.5) is 10.3 Å². The van der Waals surface area contributed by atoms with Crippen molar-refractivity contribution in [3.8, 4) is 11.8 Å². The number of amides is 1. The first-order valence-electron chi connectivity index (χ1n) is 7.69. The van der Waals surface area contributed by atoms with Crippen LogP contribution in [0, 0.1) is 5.82 Å². The Balaban J connectivity index is 1.45. The topological polar surface area (TPSA) is 92.8 Å². The first-order valence-corrected chi connectivity index (χ1v) is 7.69. The molecule has 2 N–H and O–H groups in total. The molecule has 4 aromatic rings. The molecule has 0 bridgehead atoms. The Morgan fingerprint density at radius 1 is 1.04 bits per heavy atom. The quantitative estimate of drug-likeness (QED) is 0.588. The molecule has 0 radical (unpaired) electrons. The van der Waals surface area contributed by atoms with E-state index in [2.05, 4.69) is 25.3 Å². The minimum Gasteiger partial charge on any atom is -0.424 e. The van der Waals surface area contributed by atoms with Gasteiger partial charge < -0.3 is 9.72 Å². The molecule has 2 aromatic heterocycles. The molecule has 0 saturated heterocycles. The summed E-state index contributed by atoms with van der Waals surface area (Å²) in [6.07, 6.45) is 2.02. The molecule has 0 fully saturated rings. The van der Waals surface area contributed by atoms with Crippen LogP contribution in [0.1, 0.15) is 10.4 Å². The highest BCUT2D eigenvalue weighted by Crippen LogP contribution is 2.19. The average Bonchev–Trinajstić information content (AvgIpc) is 3.06. The van der Waals surface area contributed by atoms with Gasteiger partial charge in [0.25, 0.3) is 5.91 Å². The lowest BCUT2D eigenvalue weighted by Crippen LogP contribution is -2.12. The monoisotopic (exact) mass is 349 g/mol. The molecule has 8 heteroatoms. The number of ether oxygens (including phenoxy) is 1. The molecular weight excluding hydrogens is 337 g/mol. The van der Waals surface area contributed by atoms with Crippen molar-refractivity contribution in [1.29, 1.82) is 0 Å². The van der Waals surface area contributed by atoms with E-state index in [4.69, 9.17) is 4.74 Å². The Kier molecular flexibility index (Phi) is 3.98. The van der Waals surface area contributed by atoms with Crippen LogP contribution < -0.4 is 10.1 Å². The lowest BCUT2D eigenvalue weighted by atomic mass is 10.2. The fourth-order valence-electron chi connectivity index (χ4n) is 2.32. The second-order valence-electron chi connectivity index (χ2n) is 5.37. The first-order chi connectivity index (χ1) is 12.7. The smallest absolute Gasteiger partial charge is 0.322 e. The summed E-state index contributed by atoms with van der Waals surface area (Å²) in [6, 6.07) is 13.9. The zero-order valence-electron chi connectivity index (χ0n) is 13.3. The lowest BCUT2D eigenvalue weighted by molar-refractivity contribution is 0.102. The molecule has 2 heterocycles. The molecule has 4 rings (SSSR count). The second kappa shape index (κ2) is 6.60. The lowest BCUT2D eigenvalue weighted by Gasteiger charge is -2.05. The summed E-state index contributed by atoms with van der Waals surface area (Å²) in [4.78, 5) is 27.1. The fraction of sp³-hybridized carbons (Fsp3) is 0. The average molecular weight is 349 g/mol. The number of nitrogens with one attached hydrogen (secondary N) is 2. The van der Waals surface area contributed by atoms with Gasteiger partial charge in [0.1, 0.15) is 5.75 Å². The Morgan fingerprint density at radius 2 is 1.77 bits per heavy atom. The molecule has 0 aliphatic rings. The number of halogens is 1. The number of benzene rings is 2. The molecule has 1 amide bonds. The van der Waals surface area contributed by atoms with E-state index in [0.29, 0.717) is 17.3 Å². The number of nitrogens with zero attached hydrogens (tertiary/aromatic N) is 3. The molecule has 7 nitrogen and oxygen atoms in total. The minimum absolute atomic E-state index is 0.0193. The molecular formula is C18H12FN5O2. The fourth-order valence-corrected chi connectivity index (χ4v) is 2.32. The maximum absolute atomic E-state index is 12.8. The molecule has 0 atom stereocenters. The van der Waals surface area contributed by atoms with Crippen molar-refractivity contribution in [1.82, 2.24) is 19.9 Å². The van der Waals surface area contributed by atoms with Crippen molar-refractivity contribution < 1.29 is 13.9 Å². The van der Waals surface area contributed by atoms with Crippen LogP contribution in [0.25, 0.3) is 11.0 Å². The summed E-state index contributed by atoms with van der Waals surface area (Å²) in [5.41, 5.74) is 2.04. The summed E-state index contributed by atoms with van der Waals surface area (Å²) < 4.78 is 18.2. The Morgan fingerprint density at radius 3 is 2.50 bits per heavy atom.